The molecule has 0 saturated carbocycles. The molecule has 2 rings (SSSR count). The van der Waals surface area contributed by atoms with Crippen molar-refractivity contribution in [2.24, 2.45) is 0 Å². The summed E-state index contributed by atoms with van der Waals surface area (Å²) < 4.78 is 17.3. The monoisotopic (exact) mass is 347 g/mol. The summed E-state index contributed by atoms with van der Waals surface area (Å²) in [5, 5.41) is 2.79. The van der Waals surface area contributed by atoms with Gasteiger partial charge in [0.05, 0.1) is 24.0 Å². The molecule has 1 aliphatic heterocycles. The van der Waals surface area contributed by atoms with Gasteiger partial charge in [-0.3, -0.25) is 4.79 Å². The largest absolute Gasteiger partial charge is 0.492 e. The fourth-order valence-electron chi connectivity index (χ4n) is 2.37. The van der Waals surface area contributed by atoms with E-state index in [1.807, 2.05) is 33.8 Å². The second kappa shape index (κ2) is 7.05. The maximum atomic E-state index is 11.3. The van der Waals surface area contributed by atoms with Crippen molar-refractivity contribution in [3.63, 3.8) is 0 Å². The number of anilines is 1. The number of amides is 1. The first kappa shape index (κ1) is 19.3. The van der Waals surface area contributed by atoms with Crippen LogP contribution in [0.2, 0.25) is 0 Å². The SMILES string of the molecule is COc1ncc(C=C(CNC(C)=O)B2OC(C)(C)C(C)(C)O2)cc1N. The molecule has 1 saturated heterocycles. The lowest BCUT2D eigenvalue weighted by molar-refractivity contribution is -0.118. The van der Waals surface area contributed by atoms with Gasteiger partial charge in [-0.25, -0.2) is 4.98 Å². The number of nitrogens with one attached hydrogen (secondary N) is 1. The summed E-state index contributed by atoms with van der Waals surface area (Å²) in [6.45, 7) is 9.70. The van der Waals surface area contributed by atoms with Crippen LogP contribution in [0.3, 0.4) is 0 Å². The number of methoxy groups -OCH3 is 1. The molecule has 25 heavy (non-hydrogen) atoms. The minimum atomic E-state index is -0.569. The number of hydrogen-bond donors (Lipinski definition) is 2. The molecule has 0 bridgehead atoms. The third kappa shape index (κ3) is 4.32. The summed E-state index contributed by atoms with van der Waals surface area (Å²) in [7, 11) is 0.945. The summed E-state index contributed by atoms with van der Waals surface area (Å²) in [4.78, 5) is 15.5. The summed E-state index contributed by atoms with van der Waals surface area (Å²) in [5.41, 5.74) is 6.97. The predicted molar refractivity (Wildman–Crippen MR) is 97.9 cm³/mol. The maximum Gasteiger partial charge on any atom is 0.492 e. The van der Waals surface area contributed by atoms with Crippen molar-refractivity contribution in [3.8, 4) is 5.88 Å². The first-order chi connectivity index (χ1) is 11.6. The van der Waals surface area contributed by atoms with Crippen molar-refractivity contribution in [1.82, 2.24) is 10.3 Å². The van der Waals surface area contributed by atoms with E-state index in [-0.39, 0.29) is 5.91 Å². The van der Waals surface area contributed by atoms with Gasteiger partial charge in [-0.1, -0.05) is 6.08 Å². The van der Waals surface area contributed by atoms with Gasteiger partial charge in [-0.2, -0.15) is 0 Å². The first-order valence-electron chi connectivity index (χ1n) is 8.16. The van der Waals surface area contributed by atoms with Gasteiger partial charge in [0.15, 0.2) is 0 Å². The molecule has 3 N–H and O–H groups in total. The molecule has 7 nitrogen and oxygen atoms in total. The van der Waals surface area contributed by atoms with Gasteiger partial charge in [-0.05, 0) is 44.8 Å². The lowest BCUT2D eigenvalue weighted by Crippen LogP contribution is -2.41. The lowest BCUT2D eigenvalue weighted by atomic mass is 9.77. The molecule has 1 aromatic heterocycles. The van der Waals surface area contributed by atoms with E-state index in [1.165, 1.54) is 14.0 Å². The quantitative estimate of drug-likeness (QED) is 0.789. The van der Waals surface area contributed by atoms with E-state index >= 15 is 0 Å². The van der Waals surface area contributed by atoms with Gasteiger partial charge in [0.2, 0.25) is 11.8 Å². The van der Waals surface area contributed by atoms with E-state index in [4.69, 9.17) is 19.8 Å². The zero-order chi connectivity index (χ0) is 18.8. The molecule has 136 valence electrons. The lowest BCUT2D eigenvalue weighted by Gasteiger charge is -2.32. The van der Waals surface area contributed by atoms with E-state index in [1.54, 1.807) is 12.3 Å². The fourth-order valence-corrected chi connectivity index (χ4v) is 2.37. The predicted octanol–water partition coefficient (Wildman–Crippen LogP) is 1.82. The van der Waals surface area contributed by atoms with Crippen LogP contribution in [0, 0.1) is 0 Å². The van der Waals surface area contributed by atoms with Crippen LogP contribution in [-0.4, -0.2) is 42.9 Å². The molecular weight excluding hydrogens is 321 g/mol. The van der Waals surface area contributed by atoms with E-state index < -0.39 is 18.3 Å². The van der Waals surface area contributed by atoms with Crippen molar-refractivity contribution in [2.45, 2.75) is 45.8 Å². The Morgan fingerprint density at radius 3 is 2.44 bits per heavy atom. The molecule has 2 heterocycles. The van der Waals surface area contributed by atoms with Crippen LogP contribution in [0.15, 0.2) is 17.7 Å². The number of carbonyl (C=O) groups is 1. The number of rotatable bonds is 5. The summed E-state index contributed by atoms with van der Waals surface area (Å²) in [6.07, 6.45) is 3.51. The van der Waals surface area contributed by atoms with Gasteiger partial charge in [0.1, 0.15) is 0 Å². The Labute approximate surface area is 149 Å². The second-order valence-corrected chi connectivity index (χ2v) is 7.08. The van der Waals surface area contributed by atoms with Crippen molar-refractivity contribution in [3.05, 3.63) is 23.3 Å². The van der Waals surface area contributed by atoms with Gasteiger partial charge in [0.25, 0.3) is 0 Å². The smallest absolute Gasteiger partial charge is 0.480 e. The van der Waals surface area contributed by atoms with Gasteiger partial charge in [-0.15, -0.1) is 0 Å². The molecule has 0 aliphatic carbocycles. The van der Waals surface area contributed by atoms with Crippen molar-refractivity contribution in [2.75, 3.05) is 19.4 Å². The Balaban J connectivity index is 2.33. The number of hydrogen-bond acceptors (Lipinski definition) is 6. The number of carbonyl (C=O) groups excluding carboxylic acids is 1. The average Bonchev–Trinajstić information content (AvgIpc) is 2.71. The highest BCUT2D eigenvalue weighted by atomic mass is 16.7. The summed E-state index contributed by atoms with van der Waals surface area (Å²) in [6, 6.07) is 1.75. The van der Waals surface area contributed by atoms with Crippen LogP contribution >= 0.6 is 0 Å². The third-order valence-electron chi connectivity index (χ3n) is 4.54. The molecular formula is C17H26BN3O4. The van der Waals surface area contributed by atoms with Gasteiger partial charge in [0, 0.05) is 19.7 Å². The number of ether oxygens (including phenoxy) is 1. The Hall–Kier alpha value is -2.06. The Morgan fingerprint density at radius 1 is 1.36 bits per heavy atom. The number of nitrogens with two attached hydrogens (primary N) is 1. The van der Waals surface area contributed by atoms with Crippen LogP contribution in [0.1, 0.15) is 40.2 Å². The van der Waals surface area contributed by atoms with Crippen molar-refractivity contribution in [1.29, 1.82) is 0 Å². The molecule has 1 aliphatic rings. The van der Waals surface area contributed by atoms with E-state index in [0.29, 0.717) is 18.1 Å². The molecule has 1 amide bonds. The van der Waals surface area contributed by atoms with Crippen LogP contribution in [0.4, 0.5) is 5.69 Å². The molecule has 0 atom stereocenters. The highest BCUT2D eigenvalue weighted by molar-refractivity contribution is 6.56. The van der Waals surface area contributed by atoms with Gasteiger partial charge < -0.3 is 25.1 Å². The zero-order valence-corrected chi connectivity index (χ0v) is 15.7. The van der Waals surface area contributed by atoms with Crippen LogP contribution in [0.5, 0.6) is 5.88 Å². The third-order valence-corrected chi connectivity index (χ3v) is 4.54. The topological polar surface area (TPSA) is 95.7 Å². The Morgan fingerprint density at radius 2 is 1.96 bits per heavy atom. The molecule has 1 fully saturated rings. The number of nitrogens with zero attached hydrogens (tertiary/aromatic N) is 1. The van der Waals surface area contributed by atoms with Gasteiger partial charge >= 0.3 is 7.12 Å². The van der Waals surface area contributed by atoms with Crippen LogP contribution in [-0.2, 0) is 14.1 Å². The number of nitrogen functional groups attached to an aromatic ring is 1. The minimum absolute atomic E-state index is 0.130. The molecule has 0 spiro atoms. The molecule has 0 aromatic carbocycles. The second-order valence-electron chi connectivity index (χ2n) is 7.08. The number of pyridine rings is 1. The highest BCUT2D eigenvalue weighted by Gasteiger charge is 2.52. The molecule has 1 aromatic rings. The standard InChI is InChI=1S/C17H26BN3O4/c1-11(22)20-10-13(18-24-16(2,3)17(4,5)25-18)7-12-8-14(19)15(23-6)21-9-12/h7-9H,10,19H2,1-6H3,(H,20,22). The summed E-state index contributed by atoms with van der Waals surface area (Å²) >= 11 is 0. The van der Waals surface area contributed by atoms with Crippen LogP contribution in [0.25, 0.3) is 6.08 Å². The summed E-state index contributed by atoms with van der Waals surface area (Å²) in [5.74, 6) is 0.242. The van der Waals surface area contributed by atoms with E-state index in [9.17, 15) is 4.79 Å². The first-order valence-corrected chi connectivity index (χ1v) is 8.16. The Kier molecular flexibility index (Phi) is 5.44. The molecule has 0 unspecified atom stereocenters. The van der Waals surface area contributed by atoms with Crippen molar-refractivity contribution < 1.29 is 18.8 Å². The zero-order valence-electron chi connectivity index (χ0n) is 15.7. The maximum absolute atomic E-state index is 11.3. The van der Waals surface area contributed by atoms with E-state index in [2.05, 4.69) is 10.3 Å². The highest BCUT2D eigenvalue weighted by Crippen LogP contribution is 2.38. The Bertz CT molecular complexity index is 672. The van der Waals surface area contributed by atoms with Crippen LogP contribution < -0.4 is 15.8 Å². The van der Waals surface area contributed by atoms with Crippen molar-refractivity contribution >= 4 is 24.8 Å². The van der Waals surface area contributed by atoms with E-state index in [0.717, 1.165) is 11.0 Å². The minimum Gasteiger partial charge on any atom is -0.480 e. The normalized spacial score (nSPS) is 19.0. The average molecular weight is 347 g/mol. The molecule has 8 heteroatoms. The molecule has 0 radical (unpaired) electrons. The fraction of sp³-hybridized carbons (Fsp3) is 0.529. The number of aromatic nitrogens is 1.